The predicted octanol–water partition coefficient (Wildman–Crippen LogP) is 4.02. The number of nitrogens with one attached hydrogen (secondary N) is 1. The zero-order chi connectivity index (χ0) is 22.8. The summed E-state index contributed by atoms with van der Waals surface area (Å²) >= 11 is 1.44. The molecule has 8 heteroatoms. The van der Waals surface area contributed by atoms with Crippen LogP contribution < -0.4 is 5.32 Å². The van der Waals surface area contributed by atoms with Crippen molar-refractivity contribution in [3.63, 3.8) is 0 Å². The average molecular weight is 461 g/mol. The Morgan fingerprint density at radius 3 is 2.70 bits per heavy atom. The van der Waals surface area contributed by atoms with Gasteiger partial charge >= 0.3 is 0 Å². The molecule has 2 aromatic carbocycles. The average Bonchev–Trinajstić information content (AvgIpc) is 3.42. The minimum Gasteiger partial charge on any atom is -0.378 e. The minimum atomic E-state index is -0.0692. The van der Waals surface area contributed by atoms with Crippen molar-refractivity contribution in [2.75, 3.05) is 31.6 Å². The van der Waals surface area contributed by atoms with Crippen molar-refractivity contribution in [3.05, 3.63) is 76.9 Å². The lowest BCUT2D eigenvalue weighted by molar-refractivity contribution is -0.115. The molecular formula is C25H24N4O3S. The van der Waals surface area contributed by atoms with Gasteiger partial charge in [-0.15, -0.1) is 11.3 Å². The molecule has 33 heavy (non-hydrogen) atoms. The second-order valence-electron chi connectivity index (χ2n) is 8.10. The van der Waals surface area contributed by atoms with Gasteiger partial charge in [0.05, 0.1) is 25.3 Å². The summed E-state index contributed by atoms with van der Waals surface area (Å²) in [5, 5.41) is 4.82. The van der Waals surface area contributed by atoms with Gasteiger partial charge < -0.3 is 15.0 Å². The van der Waals surface area contributed by atoms with Crippen LogP contribution in [0, 0.1) is 6.92 Å². The monoisotopic (exact) mass is 460 g/mol. The Balaban J connectivity index is 1.33. The van der Waals surface area contributed by atoms with Crippen LogP contribution in [-0.2, 0) is 16.0 Å². The number of benzene rings is 2. The van der Waals surface area contributed by atoms with Crippen molar-refractivity contribution in [1.82, 2.24) is 14.3 Å². The lowest BCUT2D eigenvalue weighted by Gasteiger charge is -2.26. The van der Waals surface area contributed by atoms with Gasteiger partial charge in [-0.2, -0.15) is 0 Å². The van der Waals surface area contributed by atoms with Crippen LogP contribution in [0.25, 0.3) is 16.2 Å². The SMILES string of the molecule is Cc1ccc(CC(=O)Nc2cccc(-c3cn4c(C(=O)N5CCOCC5)csc4n3)c2)cc1. The summed E-state index contributed by atoms with van der Waals surface area (Å²) in [4.78, 5) is 32.7. The van der Waals surface area contributed by atoms with E-state index < -0.39 is 0 Å². The first-order valence-corrected chi connectivity index (χ1v) is 11.7. The molecule has 0 saturated carbocycles. The smallest absolute Gasteiger partial charge is 0.271 e. The number of nitrogens with zero attached hydrogens (tertiary/aromatic N) is 3. The highest BCUT2D eigenvalue weighted by Gasteiger charge is 2.22. The van der Waals surface area contributed by atoms with E-state index >= 15 is 0 Å². The fourth-order valence-electron chi connectivity index (χ4n) is 3.86. The molecule has 5 rings (SSSR count). The van der Waals surface area contributed by atoms with Crippen molar-refractivity contribution in [2.24, 2.45) is 0 Å². The first kappa shape index (κ1) is 21.4. The van der Waals surface area contributed by atoms with Crippen LogP contribution in [0.4, 0.5) is 5.69 Å². The molecule has 168 valence electrons. The lowest BCUT2D eigenvalue weighted by Crippen LogP contribution is -2.41. The third-order valence-corrected chi connectivity index (χ3v) is 6.49. The number of fused-ring (bicyclic) bond motifs is 1. The molecule has 1 N–H and O–H groups in total. The van der Waals surface area contributed by atoms with Crippen LogP contribution in [0.15, 0.2) is 60.1 Å². The molecule has 1 saturated heterocycles. The number of amides is 2. The molecule has 2 amide bonds. The maximum Gasteiger partial charge on any atom is 0.271 e. The Morgan fingerprint density at radius 2 is 1.91 bits per heavy atom. The molecule has 0 atom stereocenters. The zero-order valence-corrected chi connectivity index (χ0v) is 19.1. The highest BCUT2D eigenvalue weighted by molar-refractivity contribution is 7.15. The van der Waals surface area contributed by atoms with Gasteiger partial charge in [0, 0.05) is 35.9 Å². The van der Waals surface area contributed by atoms with Crippen LogP contribution in [0.3, 0.4) is 0 Å². The Bertz CT molecular complexity index is 1300. The number of hydrogen-bond donors (Lipinski definition) is 1. The van der Waals surface area contributed by atoms with Crippen LogP contribution in [0.1, 0.15) is 21.6 Å². The number of thiazole rings is 1. The molecule has 0 aliphatic carbocycles. The number of aromatic nitrogens is 2. The molecule has 1 fully saturated rings. The minimum absolute atomic E-state index is 0.00869. The maximum absolute atomic E-state index is 12.9. The topological polar surface area (TPSA) is 75.9 Å². The number of rotatable bonds is 5. The van der Waals surface area contributed by atoms with Crippen molar-refractivity contribution in [2.45, 2.75) is 13.3 Å². The highest BCUT2D eigenvalue weighted by atomic mass is 32.1. The fourth-order valence-corrected chi connectivity index (χ4v) is 4.71. The number of aryl methyl sites for hydroxylation is 1. The standard InChI is InChI=1S/C25H24N4O3S/c1-17-5-7-18(8-6-17)13-23(30)26-20-4-2-3-19(14-20)21-15-29-22(16-33-25(29)27-21)24(31)28-9-11-32-12-10-28/h2-8,14-16H,9-13H2,1H3,(H,26,30). The Labute approximate surface area is 195 Å². The van der Waals surface area contributed by atoms with Gasteiger partial charge in [0.15, 0.2) is 4.96 Å². The maximum atomic E-state index is 12.9. The van der Waals surface area contributed by atoms with E-state index in [0.29, 0.717) is 44.1 Å². The van der Waals surface area contributed by atoms with E-state index in [-0.39, 0.29) is 11.8 Å². The zero-order valence-electron chi connectivity index (χ0n) is 18.3. The predicted molar refractivity (Wildman–Crippen MR) is 129 cm³/mol. The van der Waals surface area contributed by atoms with Gasteiger partial charge in [0.1, 0.15) is 5.69 Å². The molecule has 1 aliphatic rings. The summed E-state index contributed by atoms with van der Waals surface area (Å²) in [7, 11) is 0. The molecule has 0 unspecified atom stereocenters. The molecule has 0 radical (unpaired) electrons. The van der Waals surface area contributed by atoms with Crippen molar-refractivity contribution in [1.29, 1.82) is 0 Å². The second-order valence-corrected chi connectivity index (χ2v) is 8.93. The first-order valence-electron chi connectivity index (χ1n) is 10.9. The van der Waals surface area contributed by atoms with Crippen LogP contribution in [0.2, 0.25) is 0 Å². The normalized spacial score (nSPS) is 13.9. The third kappa shape index (κ3) is 4.67. The molecule has 0 bridgehead atoms. The van der Waals surface area contributed by atoms with Crippen LogP contribution in [-0.4, -0.2) is 52.4 Å². The summed E-state index contributed by atoms with van der Waals surface area (Å²) in [6.07, 6.45) is 2.20. The fraction of sp³-hybridized carbons (Fsp3) is 0.240. The Kier molecular flexibility index (Phi) is 5.93. The lowest BCUT2D eigenvalue weighted by atomic mass is 10.1. The van der Waals surface area contributed by atoms with Crippen molar-refractivity contribution in [3.8, 4) is 11.3 Å². The van der Waals surface area contributed by atoms with Gasteiger partial charge in [-0.3, -0.25) is 14.0 Å². The molecular weight excluding hydrogens is 436 g/mol. The number of carbonyl (C=O) groups excluding carboxylic acids is 2. The number of imidazole rings is 1. The van der Waals surface area contributed by atoms with E-state index in [9.17, 15) is 9.59 Å². The van der Waals surface area contributed by atoms with Gasteiger partial charge in [0.2, 0.25) is 5.91 Å². The largest absolute Gasteiger partial charge is 0.378 e. The molecule has 1 aliphatic heterocycles. The van der Waals surface area contributed by atoms with E-state index in [4.69, 9.17) is 9.72 Å². The summed E-state index contributed by atoms with van der Waals surface area (Å²) < 4.78 is 7.20. The molecule has 7 nitrogen and oxygen atoms in total. The number of anilines is 1. The first-order chi connectivity index (χ1) is 16.1. The number of carbonyl (C=O) groups is 2. The van der Waals surface area contributed by atoms with Crippen molar-refractivity contribution >= 4 is 33.8 Å². The number of hydrogen-bond acceptors (Lipinski definition) is 5. The Hall–Kier alpha value is -3.49. The molecule has 3 heterocycles. The Morgan fingerprint density at radius 1 is 1.12 bits per heavy atom. The molecule has 0 spiro atoms. The summed E-state index contributed by atoms with van der Waals surface area (Å²) in [6.45, 7) is 4.36. The van der Waals surface area contributed by atoms with Gasteiger partial charge in [-0.25, -0.2) is 4.98 Å². The van der Waals surface area contributed by atoms with Crippen LogP contribution >= 0.6 is 11.3 Å². The van der Waals surface area contributed by atoms with E-state index in [1.807, 2.05) is 76.3 Å². The summed E-state index contributed by atoms with van der Waals surface area (Å²) in [6, 6.07) is 15.6. The number of morpholine rings is 1. The molecule has 4 aromatic rings. The van der Waals surface area contributed by atoms with E-state index in [2.05, 4.69) is 5.32 Å². The second kappa shape index (κ2) is 9.17. The van der Waals surface area contributed by atoms with Gasteiger partial charge in [0.25, 0.3) is 5.91 Å². The van der Waals surface area contributed by atoms with E-state index in [1.54, 1.807) is 0 Å². The summed E-state index contributed by atoms with van der Waals surface area (Å²) in [5.74, 6) is -0.0779. The summed E-state index contributed by atoms with van der Waals surface area (Å²) in [5.41, 5.74) is 5.10. The van der Waals surface area contributed by atoms with E-state index in [1.165, 1.54) is 16.9 Å². The third-order valence-electron chi connectivity index (χ3n) is 5.65. The van der Waals surface area contributed by atoms with E-state index in [0.717, 1.165) is 21.8 Å². The van der Waals surface area contributed by atoms with Gasteiger partial charge in [-0.05, 0) is 24.6 Å². The molecule has 2 aromatic heterocycles. The number of ether oxygens (including phenoxy) is 1. The quantitative estimate of drug-likeness (QED) is 0.488. The van der Waals surface area contributed by atoms with Gasteiger partial charge in [-0.1, -0.05) is 42.0 Å². The highest BCUT2D eigenvalue weighted by Crippen LogP contribution is 2.26. The van der Waals surface area contributed by atoms with Crippen molar-refractivity contribution < 1.29 is 14.3 Å². The van der Waals surface area contributed by atoms with Crippen LogP contribution in [0.5, 0.6) is 0 Å².